The number of Topliss-reactive ketones (excluding diaryl/α,β-unsaturated/α-hetero) is 1. The predicted molar refractivity (Wildman–Crippen MR) is 104 cm³/mol. The lowest BCUT2D eigenvalue weighted by Gasteiger charge is -2.18. The number of ketones is 1. The Bertz CT molecular complexity index is 832. The van der Waals surface area contributed by atoms with Crippen LogP contribution in [-0.4, -0.2) is 38.1 Å². The largest absolute Gasteiger partial charge is 0.378 e. The first-order valence-corrected chi connectivity index (χ1v) is 10.2. The lowest BCUT2D eigenvalue weighted by Crippen LogP contribution is -2.30. The average molecular weight is 425 g/mol. The fourth-order valence-corrected chi connectivity index (χ4v) is 4.27. The fourth-order valence-electron chi connectivity index (χ4n) is 2.41. The molecule has 0 heterocycles. The summed E-state index contributed by atoms with van der Waals surface area (Å²) in [6, 6.07) is 13.6. The van der Waals surface area contributed by atoms with Crippen LogP contribution >= 0.6 is 15.9 Å². The van der Waals surface area contributed by atoms with Gasteiger partial charge in [0.05, 0.1) is 11.4 Å². The van der Waals surface area contributed by atoms with E-state index < -0.39 is 10.0 Å². The molecule has 2 aromatic rings. The van der Waals surface area contributed by atoms with Crippen molar-refractivity contribution in [2.75, 3.05) is 25.0 Å². The summed E-state index contributed by atoms with van der Waals surface area (Å²) < 4.78 is 27.2. The van der Waals surface area contributed by atoms with E-state index in [0.29, 0.717) is 18.7 Å². The number of sulfonamides is 1. The highest BCUT2D eigenvalue weighted by Crippen LogP contribution is 2.18. The molecule has 2 rings (SSSR count). The minimum Gasteiger partial charge on any atom is -0.378 e. The Morgan fingerprint density at radius 2 is 1.72 bits per heavy atom. The summed E-state index contributed by atoms with van der Waals surface area (Å²) >= 11 is 3.38. The van der Waals surface area contributed by atoms with Crippen molar-refractivity contribution in [2.45, 2.75) is 18.7 Å². The molecule has 5 nitrogen and oxygen atoms in total. The zero-order chi connectivity index (χ0) is 18.4. The molecule has 0 fully saturated rings. The monoisotopic (exact) mass is 424 g/mol. The molecule has 0 aliphatic carbocycles. The van der Waals surface area contributed by atoms with Crippen LogP contribution in [0.1, 0.15) is 24.2 Å². The molecule has 0 aromatic heterocycles. The van der Waals surface area contributed by atoms with E-state index >= 15 is 0 Å². The number of hydrogen-bond acceptors (Lipinski definition) is 4. The molecule has 2 aromatic carbocycles. The highest BCUT2D eigenvalue weighted by molar-refractivity contribution is 9.10. The first-order valence-electron chi connectivity index (χ1n) is 8.01. The third-order valence-electron chi connectivity index (χ3n) is 3.80. The Kier molecular flexibility index (Phi) is 6.75. The SMILES string of the molecule is CCN(CC)S(=O)(=O)c1ccc(C(=O)CNc2cccc(Br)c2)cc1. The molecule has 0 unspecified atom stereocenters. The Morgan fingerprint density at radius 1 is 1.08 bits per heavy atom. The van der Waals surface area contributed by atoms with E-state index in [2.05, 4.69) is 21.2 Å². The number of nitrogens with zero attached hydrogens (tertiary/aromatic N) is 1. The van der Waals surface area contributed by atoms with Crippen LogP contribution in [0.5, 0.6) is 0 Å². The van der Waals surface area contributed by atoms with E-state index in [1.807, 2.05) is 24.3 Å². The number of anilines is 1. The lowest BCUT2D eigenvalue weighted by molar-refractivity contribution is 0.101. The zero-order valence-corrected chi connectivity index (χ0v) is 16.6. The van der Waals surface area contributed by atoms with Gasteiger partial charge in [-0.1, -0.05) is 35.8 Å². The van der Waals surface area contributed by atoms with Gasteiger partial charge < -0.3 is 5.32 Å². The van der Waals surface area contributed by atoms with Crippen molar-refractivity contribution in [2.24, 2.45) is 0 Å². The van der Waals surface area contributed by atoms with Crippen LogP contribution < -0.4 is 5.32 Å². The number of benzene rings is 2. The van der Waals surface area contributed by atoms with Crippen molar-refractivity contribution < 1.29 is 13.2 Å². The summed E-state index contributed by atoms with van der Waals surface area (Å²) in [5, 5.41) is 3.06. The quantitative estimate of drug-likeness (QED) is 0.654. The van der Waals surface area contributed by atoms with Gasteiger partial charge in [0, 0.05) is 28.8 Å². The van der Waals surface area contributed by atoms with Gasteiger partial charge in [0.1, 0.15) is 0 Å². The molecule has 0 aliphatic rings. The van der Waals surface area contributed by atoms with Gasteiger partial charge in [0.15, 0.2) is 5.78 Å². The molecular formula is C18H21BrN2O3S. The standard InChI is InChI=1S/C18H21BrN2O3S/c1-3-21(4-2)25(23,24)17-10-8-14(9-11-17)18(22)13-20-16-7-5-6-15(19)12-16/h5-12,20H,3-4,13H2,1-2H3. The van der Waals surface area contributed by atoms with Crippen LogP contribution in [0.4, 0.5) is 5.69 Å². The summed E-state index contributed by atoms with van der Waals surface area (Å²) in [7, 11) is -3.50. The molecule has 0 amide bonds. The average Bonchev–Trinajstić information content (AvgIpc) is 2.60. The van der Waals surface area contributed by atoms with E-state index in [0.717, 1.165) is 10.2 Å². The Balaban J connectivity index is 2.07. The molecular weight excluding hydrogens is 404 g/mol. The van der Waals surface area contributed by atoms with Crippen molar-refractivity contribution in [3.8, 4) is 0 Å². The molecule has 0 saturated heterocycles. The number of carbonyl (C=O) groups is 1. The second kappa shape index (κ2) is 8.60. The maximum atomic E-state index is 12.4. The first-order chi connectivity index (χ1) is 11.9. The maximum Gasteiger partial charge on any atom is 0.243 e. The van der Waals surface area contributed by atoms with E-state index in [1.54, 1.807) is 26.0 Å². The number of nitrogens with one attached hydrogen (secondary N) is 1. The molecule has 134 valence electrons. The van der Waals surface area contributed by atoms with Crippen molar-refractivity contribution in [3.63, 3.8) is 0 Å². The maximum absolute atomic E-state index is 12.4. The number of hydrogen-bond donors (Lipinski definition) is 1. The summed E-state index contributed by atoms with van der Waals surface area (Å²) in [6.07, 6.45) is 0. The lowest BCUT2D eigenvalue weighted by atomic mass is 10.1. The van der Waals surface area contributed by atoms with Crippen LogP contribution in [-0.2, 0) is 10.0 Å². The second-order valence-corrected chi connectivity index (χ2v) is 8.25. The van der Waals surface area contributed by atoms with Crippen molar-refractivity contribution in [1.82, 2.24) is 4.31 Å². The molecule has 1 N–H and O–H groups in total. The van der Waals surface area contributed by atoms with Crippen LogP contribution in [0.2, 0.25) is 0 Å². The van der Waals surface area contributed by atoms with Crippen LogP contribution in [0.15, 0.2) is 57.9 Å². The third-order valence-corrected chi connectivity index (χ3v) is 6.35. The molecule has 0 spiro atoms. The third kappa shape index (κ3) is 4.90. The molecule has 0 saturated carbocycles. The van der Waals surface area contributed by atoms with Crippen LogP contribution in [0.25, 0.3) is 0 Å². The number of carbonyl (C=O) groups excluding carboxylic acids is 1. The van der Waals surface area contributed by atoms with Gasteiger partial charge in [-0.05, 0) is 42.5 Å². The fraction of sp³-hybridized carbons (Fsp3) is 0.278. The smallest absolute Gasteiger partial charge is 0.243 e. The van der Waals surface area contributed by atoms with Gasteiger partial charge in [-0.15, -0.1) is 0 Å². The summed E-state index contributed by atoms with van der Waals surface area (Å²) in [5.74, 6) is -0.105. The molecule has 25 heavy (non-hydrogen) atoms. The Morgan fingerprint density at radius 3 is 2.28 bits per heavy atom. The van der Waals surface area contributed by atoms with Crippen LogP contribution in [0.3, 0.4) is 0 Å². The summed E-state index contributed by atoms with van der Waals surface area (Å²) in [6.45, 7) is 4.56. The van der Waals surface area contributed by atoms with Crippen molar-refractivity contribution in [1.29, 1.82) is 0 Å². The zero-order valence-electron chi connectivity index (χ0n) is 14.2. The van der Waals surface area contributed by atoms with Crippen molar-refractivity contribution in [3.05, 3.63) is 58.6 Å². The molecule has 7 heteroatoms. The Labute approximate surface area is 157 Å². The summed E-state index contributed by atoms with van der Waals surface area (Å²) in [5.41, 5.74) is 1.31. The van der Waals surface area contributed by atoms with Crippen molar-refractivity contribution >= 4 is 37.4 Å². The first kappa shape index (κ1) is 19.6. The summed E-state index contributed by atoms with van der Waals surface area (Å²) in [4.78, 5) is 12.5. The van der Waals surface area contributed by atoms with Crippen LogP contribution in [0, 0.1) is 0 Å². The van der Waals surface area contributed by atoms with Gasteiger partial charge in [0.2, 0.25) is 10.0 Å². The van der Waals surface area contributed by atoms with Gasteiger partial charge in [-0.2, -0.15) is 4.31 Å². The Hall–Kier alpha value is -1.70. The highest BCUT2D eigenvalue weighted by Gasteiger charge is 2.21. The number of rotatable bonds is 8. The van der Waals surface area contributed by atoms with Gasteiger partial charge >= 0.3 is 0 Å². The second-order valence-electron chi connectivity index (χ2n) is 5.40. The van der Waals surface area contributed by atoms with E-state index in [1.165, 1.54) is 16.4 Å². The van der Waals surface area contributed by atoms with E-state index in [4.69, 9.17) is 0 Å². The molecule has 0 aliphatic heterocycles. The topological polar surface area (TPSA) is 66.5 Å². The predicted octanol–water partition coefficient (Wildman–Crippen LogP) is 3.77. The molecule has 0 bridgehead atoms. The molecule has 0 atom stereocenters. The molecule has 0 radical (unpaired) electrons. The van der Waals surface area contributed by atoms with Gasteiger partial charge in [-0.25, -0.2) is 8.42 Å². The van der Waals surface area contributed by atoms with Gasteiger partial charge in [0.25, 0.3) is 0 Å². The van der Waals surface area contributed by atoms with E-state index in [9.17, 15) is 13.2 Å². The minimum atomic E-state index is -3.50. The highest BCUT2D eigenvalue weighted by atomic mass is 79.9. The van der Waals surface area contributed by atoms with Gasteiger partial charge in [-0.3, -0.25) is 4.79 Å². The number of halogens is 1. The normalized spacial score (nSPS) is 11.5. The van der Waals surface area contributed by atoms with E-state index in [-0.39, 0.29) is 17.2 Å². The minimum absolute atomic E-state index is 0.105.